The molecular weight excluding hydrogens is 428 g/mol. The highest BCUT2D eigenvalue weighted by Crippen LogP contribution is 2.32. The molecule has 0 aliphatic rings. The van der Waals surface area contributed by atoms with Gasteiger partial charge in [0.2, 0.25) is 0 Å². The largest absolute Gasteiger partial charge is 0.451 e. The van der Waals surface area contributed by atoms with E-state index < -0.39 is 0 Å². The maximum atomic E-state index is 12.8. The Morgan fingerprint density at radius 1 is 0.968 bits per heavy atom. The van der Waals surface area contributed by atoms with E-state index in [9.17, 15) is 4.79 Å². The summed E-state index contributed by atoms with van der Waals surface area (Å²) in [7, 11) is 0. The van der Waals surface area contributed by atoms with Crippen LogP contribution in [-0.2, 0) is 0 Å². The summed E-state index contributed by atoms with van der Waals surface area (Å²) < 4.78 is 6.90. The van der Waals surface area contributed by atoms with Crippen molar-refractivity contribution < 1.29 is 9.21 Å². The number of thiazole rings is 1. The molecule has 2 heterocycles. The van der Waals surface area contributed by atoms with Gasteiger partial charge < -0.3 is 9.73 Å². The van der Waals surface area contributed by atoms with E-state index in [0.717, 1.165) is 37.6 Å². The number of amides is 1. The third-order valence-electron chi connectivity index (χ3n) is 4.97. The molecule has 5 rings (SSSR count). The van der Waals surface area contributed by atoms with Crippen molar-refractivity contribution in [1.82, 2.24) is 4.98 Å². The zero-order valence-corrected chi connectivity index (χ0v) is 18.1. The molecule has 0 aliphatic heterocycles. The molecular formula is C25H17ClN2O2S. The van der Waals surface area contributed by atoms with Crippen LogP contribution in [0.1, 0.15) is 16.1 Å². The topological polar surface area (TPSA) is 55.1 Å². The van der Waals surface area contributed by atoms with Crippen molar-refractivity contribution in [3.05, 3.63) is 95.2 Å². The van der Waals surface area contributed by atoms with Crippen molar-refractivity contribution in [2.24, 2.45) is 0 Å². The molecule has 0 unspecified atom stereocenters. The summed E-state index contributed by atoms with van der Waals surface area (Å²) >= 11 is 7.68. The van der Waals surface area contributed by atoms with Crippen molar-refractivity contribution in [3.63, 3.8) is 0 Å². The van der Waals surface area contributed by atoms with Crippen molar-refractivity contribution in [3.8, 4) is 21.9 Å². The Morgan fingerprint density at radius 2 is 1.84 bits per heavy atom. The van der Waals surface area contributed by atoms with Crippen LogP contribution in [0.3, 0.4) is 0 Å². The average molecular weight is 445 g/mol. The normalized spacial score (nSPS) is 11.0. The van der Waals surface area contributed by atoms with Gasteiger partial charge in [-0.25, -0.2) is 4.98 Å². The first-order valence-corrected chi connectivity index (χ1v) is 10.9. The molecule has 0 radical (unpaired) electrons. The van der Waals surface area contributed by atoms with E-state index in [1.807, 2.05) is 55.5 Å². The molecule has 6 heteroatoms. The Kier molecular flexibility index (Phi) is 5.06. The van der Waals surface area contributed by atoms with Crippen LogP contribution in [0.15, 0.2) is 83.3 Å². The molecule has 3 aromatic carbocycles. The zero-order chi connectivity index (χ0) is 21.4. The van der Waals surface area contributed by atoms with E-state index in [1.54, 1.807) is 35.6 Å². The fourth-order valence-corrected chi connectivity index (χ4v) is 4.48. The van der Waals surface area contributed by atoms with Gasteiger partial charge in [-0.1, -0.05) is 48.0 Å². The molecule has 0 aliphatic carbocycles. The number of anilines is 1. The van der Waals surface area contributed by atoms with Gasteiger partial charge >= 0.3 is 0 Å². The molecule has 152 valence electrons. The van der Waals surface area contributed by atoms with Gasteiger partial charge in [-0.05, 0) is 55.0 Å². The number of fused-ring (bicyclic) bond motifs is 1. The number of furan rings is 1. The van der Waals surface area contributed by atoms with Crippen LogP contribution in [0.25, 0.3) is 32.1 Å². The number of para-hydroxylation sites is 1. The van der Waals surface area contributed by atoms with E-state index >= 15 is 0 Å². The number of aromatic nitrogens is 1. The van der Waals surface area contributed by atoms with Crippen molar-refractivity contribution in [2.75, 3.05) is 5.32 Å². The average Bonchev–Trinajstić information content (AvgIpc) is 3.43. The molecule has 0 bridgehead atoms. The Morgan fingerprint density at radius 3 is 2.68 bits per heavy atom. The van der Waals surface area contributed by atoms with Gasteiger partial charge in [-0.3, -0.25) is 4.79 Å². The second-order valence-electron chi connectivity index (χ2n) is 7.14. The van der Waals surface area contributed by atoms with E-state index in [1.165, 1.54) is 0 Å². The Balaban J connectivity index is 1.41. The van der Waals surface area contributed by atoms with Gasteiger partial charge in [0.05, 0.1) is 10.2 Å². The fraction of sp³-hybridized carbons (Fsp3) is 0.0400. The molecule has 0 saturated carbocycles. The van der Waals surface area contributed by atoms with Crippen LogP contribution in [0.4, 0.5) is 5.69 Å². The number of nitrogens with zero attached hydrogens (tertiary/aromatic N) is 1. The van der Waals surface area contributed by atoms with Gasteiger partial charge in [0.25, 0.3) is 5.91 Å². The smallest absolute Gasteiger partial charge is 0.291 e. The second kappa shape index (κ2) is 8.02. The molecule has 2 aromatic heterocycles. The van der Waals surface area contributed by atoms with E-state index in [-0.39, 0.29) is 11.7 Å². The lowest BCUT2D eigenvalue weighted by molar-refractivity contribution is 0.0997. The summed E-state index contributed by atoms with van der Waals surface area (Å²) in [6.45, 7) is 1.96. The van der Waals surface area contributed by atoms with Crippen LogP contribution in [-0.4, -0.2) is 10.9 Å². The standard InChI is InChI=1S/C25H17ClN2O2S/c1-15-9-10-17(25-28-19-7-2-3-8-23(19)31-25)14-20(15)27-24(29)22-12-11-21(30-22)16-5-4-6-18(26)13-16/h2-14H,1H3,(H,27,29). The van der Waals surface area contributed by atoms with E-state index in [0.29, 0.717) is 10.8 Å². The third kappa shape index (κ3) is 3.98. The van der Waals surface area contributed by atoms with Crippen LogP contribution >= 0.6 is 22.9 Å². The van der Waals surface area contributed by atoms with Crippen LogP contribution in [0.2, 0.25) is 5.02 Å². The molecule has 0 spiro atoms. The molecule has 1 N–H and O–H groups in total. The number of aryl methyl sites for hydroxylation is 1. The maximum absolute atomic E-state index is 12.8. The fourth-order valence-electron chi connectivity index (χ4n) is 3.33. The van der Waals surface area contributed by atoms with Gasteiger partial charge in [0.15, 0.2) is 5.76 Å². The summed E-state index contributed by atoms with van der Waals surface area (Å²) in [5.74, 6) is 0.519. The summed E-state index contributed by atoms with van der Waals surface area (Å²) in [5.41, 5.74) is 4.43. The number of carbonyl (C=O) groups excluding carboxylic acids is 1. The third-order valence-corrected chi connectivity index (χ3v) is 6.29. The highest BCUT2D eigenvalue weighted by molar-refractivity contribution is 7.21. The van der Waals surface area contributed by atoms with E-state index in [4.69, 9.17) is 21.0 Å². The summed E-state index contributed by atoms with van der Waals surface area (Å²) in [6.07, 6.45) is 0. The Labute approximate surface area is 188 Å². The summed E-state index contributed by atoms with van der Waals surface area (Å²) in [6, 6.07) is 24.8. The maximum Gasteiger partial charge on any atom is 0.291 e. The van der Waals surface area contributed by atoms with Gasteiger partial charge in [-0.15, -0.1) is 11.3 Å². The molecule has 0 fully saturated rings. The van der Waals surface area contributed by atoms with Crippen LogP contribution in [0.5, 0.6) is 0 Å². The van der Waals surface area contributed by atoms with Crippen molar-refractivity contribution >= 4 is 44.7 Å². The molecule has 5 aromatic rings. The lowest BCUT2D eigenvalue weighted by atomic mass is 10.1. The highest BCUT2D eigenvalue weighted by Gasteiger charge is 2.15. The van der Waals surface area contributed by atoms with Crippen LogP contribution < -0.4 is 5.32 Å². The quantitative estimate of drug-likeness (QED) is 0.313. The zero-order valence-electron chi connectivity index (χ0n) is 16.6. The molecule has 0 atom stereocenters. The number of halogens is 1. The predicted molar refractivity (Wildman–Crippen MR) is 127 cm³/mol. The molecule has 31 heavy (non-hydrogen) atoms. The van der Waals surface area contributed by atoms with Gasteiger partial charge in [0.1, 0.15) is 10.8 Å². The second-order valence-corrected chi connectivity index (χ2v) is 8.61. The van der Waals surface area contributed by atoms with Gasteiger partial charge in [0, 0.05) is 21.8 Å². The number of carbonyl (C=O) groups is 1. The first-order chi connectivity index (χ1) is 15.1. The van der Waals surface area contributed by atoms with Crippen molar-refractivity contribution in [2.45, 2.75) is 6.92 Å². The summed E-state index contributed by atoms with van der Waals surface area (Å²) in [5, 5.41) is 4.49. The molecule has 0 saturated heterocycles. The first-order valence-electron chi connectivity index (χ1n) is 9.70. The minimum Gasteiger partial charge on any atom is -0.451 e. The number of benzene rings is 3. The Hall–Kier alpha value is -3.41. The Bertz CT molecular complexity index is 1390. The predicted octanol–water partition coefficient (Wildman–Crippen LogP) is 7.44. The minimum absolute atomic E-state index is 0.236. The number of hydrogen-bond donors (Lipinski definition) is 1. The SMILES string of the molecule is Cc1ccc(-c2nc3ccccc3s2)cc1NC(=O)c1ccc(-c2cccc(Cl)c2)o1. The lowest BCUT2D eigenvalue weighted by Crippen LogP contribution is -2.11. The number of nitrogens with one attached hydrogen (secondary N) is 1. The lowest BCUT2D eigenvalue weighted by Gasteiger charge is -2.09. The highest BCUT2D eigenvalue weighted by atomic mass is 35.5. The first kappa shape index (κ1) is 19.5. The molecule has 1 amide bonds. The van der Waals surface area contributed by atoms with Crippen molar-refractivity contribution in [1.29, 1.82) is 0 Å². The number of hydrogen-bond acceptors (Lipinski definition) is 4. The van der Waals surface area contributed by atoms with Gasteiger partial charge in [-0.2, -0.15) is 0 Å². The summed E-state index contributed by atoms with van der Waals surface area (Å²) in [4.78, 5) is 17.5. The minimum atomic E-state index is -0.308. The van der Waals surface area contributed by atoms with E-state index in [2.05, 4.69) is 11.4 Å². The molecule has 4 nitrogen and oxygen atoms in total. The van der Waals surface area contributed by atoms with Crippen LogP contribution in [0, 0.1) is 6.92 Å². The monoisotopic (exact) mass is 444 g/mol. The number of rotatable bonds is 4.